The highest BCUT2D eigenvalue weighted by molar-refractivity contribution is 5.38. The molecule has 1 saturated carbocycles. The molecule has 0 radical (unpaired) electrons. The molecule has 1 aliphatic heterocycles. The van der Waals surface area contributed by atoms with Gasteiger partial charge in [0.2, 0.25) is 5.65 Å². The van der Waals surface area contributed by atoms with Crippen LogP contribution in [0.5, 0.6) is 0 Å². The lowest BCUT2D eigenvalue weighted by molar-refractivity contribution is 0.0834. The van der Waals surface area contributed by atoms with Gasteiger partial charge < -0.3 is 9.30 Å². The van der Waals surface area contributed by atoms with Crippen LogP contribution in [0.25, 0.3) is 5.65 Å². The minimum atomic E-state index is -0.249. The van der Waals surface area contributed by atoms with Gasteiger partial charge in [-0.15, -0.1) is 10.2 Å². The summed E-state index contributed by atoms with van der Waals surface area (Å²) in [5.74, 6) is 1.35. The van der Waals surface area contributed by atoms with E-state index in [1.165, 1.54) is 37.8 Å². The maximum absolute atomic E-state index is 13.6. The SMILES string of the molecule is O=c1c2nnc(C3CCOCC3)n2cc(Cc2ccc(F)cc2)n1CC1CCCCCC1. The third-order valence-electron chi connectivity index (χ3n) is 7.08. The van der Waals surface area contributed by atoms with Crippen LogP contribution < -0.4 is 5.56 Å². The third kappa shape index (κ3) is 4.49. The smallest absolute Gasteiger partial charge is 0.296 e. The Morgan fingerprint density at radius 3 is 2.41 bits per heavy atom. The molecule has 5 rings (SSSR count). The van der Waals surface area contributed by atoms with Gasteiger partial charge in [0, 0.05) is 44.0 Å². The Morgan fingerprint density at radius 1 is 0.969 bits per heavy atom. The second-order valence-corrected chi connectivity index (χ2v) is 9.34. The molecule has 170 valence electrons. The van der Waals surface area contributed by atoms with Gasteiger partial charge in [-0.1, -0.05) is 37.8 Å². The van der Waals surface area contributed by atoms with Crippen LogP contribution in [0, 0.1) is 11.7 Å². The monoisotopic (exact) mass is 438 g/mol. The molecule has 2 aliphatic rings. The van der Waals surface area contributed by atoms with E-state index in [9.17, 15) is 9.18 Å². The van der Waals surface area contributed by atoms with E-state index < -0.39 is 0 Å². The van der Waals surface area contributed by atoms with Crippen LogP contribution in [-0.4, -0.2) is 32.4 Å². The fraction of sp³-hybridized carbons (Fsp3) is 0.560. The second kappa shape index (κ2) is 9.53. The van der Waals surface area contributed by atoms with Crippen LogP contribution >= 0.6 is 0 Å². The molecule has 3 aromatic rings. The summed E-state index contributed by atoms with van der Waals surface area (Å²) in [5.41, 5.74) is 2.26. The molecular formula is C25H31FN4O2. The molecule has 0 bridgehead atoms. The molecule has 2 aromatic heterocycles. The van der Waals surface area contributed by atoms with Gasteiger partial charge in [-0.05, 0) is 49.3 Å². The van der Waals surface area contributed by atoms with Gasteiger partial charge >= 0.3 is 0 Å². The molecule has 0 spiro atoms. The molecule has 32 heavy (non-hydrogen) atoms. The van der Waals surface area contributed by atoms with Gasteiger partial charge in [0.1, 0.15) is 11.6 Å². The molecule has 0 unspecified atom stereocenters. The number of rotatable bonds is 5. The maximum Gasteiger partial charge on any atom is 0.296 e. The van der Waals surface area contributed by atoms with E-state index in [-0.39, 0.29) is 17.3 Å². The lowest BCUT2D eigenvalue weighted by Crippen LogP contribution is -2.29. The Hall–Kier alpha value is -2.54. The van der Waals surface area contributed by atoms with Crippen molar-refractivity contribution < 1.29 is 9.13 Å². The number of halogens is 1. The van der Waals surface area contributed by atoms with Crippen molar-refractivity contribution in [3.63, 3.8) is 0 Å². The number of ether oxygens (including phenoxy) is 1. The summed E-state index contributed by atoms with van der Waals surface area (Å²) >= 11 is 0. The van der Waals surface area contributed by atoms with Gasteiger partial charge in [0.05, 0.1) is 0 Å². The largest absolute Gasteiger partial charge is 0.381 e. The van der Waals surface area contributed by atoms with Crippen LogP contribution in [0.1, 0.15) is 74.4 Å². The summed E-state index contributed by atoms with van der Waals surface area (Å²) in [6.07, 6.45) is 11.7. The highest BCUT2D eigenvalue weighted by Crippen LogP contribution is 2.27. The molecular weight excluding hydrogens is 407 g/mol. The lowest BCUT2D eigenvalue weighted by atomic mass is 9.99. The highest BCUT2D eigenvalue weighted by atomic mass is 19.1. The summed E-state index contributed by atoms with van der Waals surface area (Å²) in [7, 11) is 0. The van der Waals surface area contributed by atoms with Crippen molar-refractivity contribution in [3.8, 4) is 0 Å². The van der Waals surface area contributed by atoms with E-state index in [1.54, 1.807) is 12.1 Å². The van der Waals surface area contributed by atoms with Gasteiger partial charge in [-0.3, -0.25) is 9.20 Å². The van der Waals surface area contributed by atoms with Crippen LogP contribution in [0.15, 0.2) is 35.3 Å². The maximum atomic E-state index is 13.6. The average molecular weight is 439 g/mol. The van der Waals surface area contributed by atoms with Crippen LogP contribution in [0.4, 0.5) is 4.39 Å². The number of aromatic nitrogens is 4. The zero-order valence-corrected chi connectivity index (χ0v) is 18.5. The molecule has 3 heterocycles. The van der Waals surface area contributed by atoms with Crippen LogP contribution in [0.2, 0.25) is 0 Å². The zero-order chi connectivity index (χ0) is 21.9. The van der Waals surface area contributed by atoms with Crippen molar-refractivity contribution in [3.05, 3.63) is 63.7 Å². The number of hydrogen-bond donors (Lipinski definition) is 0. The molecule has 7 heteroatoms. The first-order valence-corrected chi connectivity index (χ1v) is 12.0. The van der Waals surface area contributed by atoms with E-state index in [0.717, 1.165) is 42.8 Å². The Labute approximate surface area is 187 Å². The van der Waals surface area contributed by atoms with Crippen molar-refractivity contribution >= 4 is 5.65 Å². The zero-order valence-electron chi connectivity index (χ0n) is 18.5. The van der Waals surface area contributed by atoms with Crippen molar-refractivity contribution in [2.45, 2.75) is 70.3 Å². The molecule has 0 amide bonds. The quantitative estimate of drug-likeness (QED) is 0.551. The predicted molar refractivity (Wildman–Crippen MR) is 120 cm³/mol. The van der Waals surface area contributed by atoms with Crippen molar-refractivity contribution in [2.24, 2.45) is 5.92 Å². The standard InChI is InChI=1S/C25H31FN4O2/c26-21-9-7-18(8-10-21)15-22-17-30-23(20-11-13-32-14-12-20)27-28-24(30)25(31)29(22)16-19-5-3-1-2-4-6-19/h7-10,17,19-20H,1-6,11-16H2. The first kappa shape index (κ1) is 21.3. The van der Waals surface area contributed by atoms with Gasteiger partial charge in [-0.2, -0.15) is 0 Å². The van der Waals surface area contributed by atoms with Crippen molar-refractivity contribution in [1.82, 2.24) is 19.2 Å². The van der Waals surface area contributed by atoms with Gasteiger partial charge in [-0.25, -0.2) is 4.39 Å². The number of fused-ring (bicyclic) bond motifs is 1. The first-order valence-electron chi connectivity index (χ1n) is 12.0. The molecule has 6 nitrogen and oxygen atoms in total. The number of nitrogens with zero attached hydrogens (tertiary/aromatic N) is 4. The second-order valence-electron chi connectivity index (χ2n) is 9.34. The predicted octanol–water partition coefficient (Wildman–Crippen LogP) is 4.49. The van der Waals surface area contributed by atoms with E-state index in [4.69, 9.17) is 4.74 Å². The highest BCUT2D eigenvalue weighted by Gasteiger charge is 2.24. The molecule has 0 atom stereocenters. The first-order chi connectivity index (χ1) is 15.7. The summed E-state index contributed by atoms with van der Waals surface area (Å²) in [4.78, 5) is 13.6. The summed E-state index contributed by atoms with van der Waals surface area (Å²) in [5, 5.41) is 8.75. The number of hydrogen-bond acceptors (Lipinski definition) is 4. The lowest BCUT2D eigenvalue weighted by Gasteiger charge is -2.22. The molecule has 1 aromatic carbocycles. The molecule has 1 aliphatic carbocycles. The van der Waals surface area contributed by atoms with Gasteiger partial charge in [0.25, 0.3) is 5.56 Å². The van der Waals surface area contributed by atoms with Crippen LogP contribution in [-0.2, 0) is 17.7 Å². The fourth-order valence-electron chi connectivity index (χ4n) is 5.24. The molecule has 1 saturated heterocycles. The Kier molecular flexibility index (Phi) is 6.35. The van der Waals surface area contributed by atoms with Crippen molar-refractivity contribution in [2.75, 3.05) is 13.2 Å². The van der Waals surface area contributed by atoms with Gasteiger partial charge in [0.15, 0.2) is 0 Å². The van der Waals surface area contributed by atoms with E-state index in [2.05, 4.69) is 10.2 Å². The summed E-state index contributed by atoms with van der Waals surface area (Å²) in [6, 6.07) is 6.55. The van der Waals surface area contributed by atoms with E-state index in [0.29, 0.717) is 37.7 Å². The molecule has 2 fully saturated rings. The third-order valence-corrected chi connectivity index (χ3v) is 7.08. The van der Waals surface area contributed by atoms with E-state index in [1.807, 2.05) is 15.2 Å². The normalized spacial score (nSPS) is 18.8. The van der Waals surface area contributed by atoms with E-state index >= 15 is 0 Å². The minimum absolute atomic E-state index is 0.0698. The minimum Gasteiger partial charge on any atom is -0.381 e. The molecule has 0 N–H and O–H groups in total. The average Bonchev–Trinajstić information content (AvgIpc) is 3.06. The number of benzene rings is 1. The Morgan fingerprint density at radius 2 is 1.69 bits per heavy atom. The Bertz CT molecular complexity index is 1110. The topological polar surface area (TPSA) is 61.4 Å². The fourth-order valence-corrected chi connectivity index (χ4v) is 5.24. The van der Waals surface area contributed by atoms with Crippen molar-refractivity contribution in [1.29, 1.82) is 0 Å². The summed E-state index contributed by atoms with van der Waals surface area (Å²) in [6.45, 7) is 2.13. The summed E-state index contributed by atoms with van der Waals surface area (Å²) < 4.78 is 22.8. The Balaban J connectivity index is 1.56. The van der Waals surface area contributed by atoms with Crippen LogP contribution in [0.3, 0.4) is 0 Å².